The van der Waals surface area contributed by atoms with Gasteiger partial charge < -0.3 is 19.9 Å². The Balaban J connectivity index is 1.95. The number of carbonyl (C=O) groups excluding carboxylic acids is 1. The number of hydrogen-bond acceptors (Lipinski definition) is 4. The van der Waals surface area contributed by atoms with Crippen LogP contribution in [-0.2, 0) is 9.47 Å². The predicted octanol–water partition coefficient (Wildman–Crippen LogP) is -0.591. The quantitative estimate of drug-likeness (QED) is 0.423. The molecule has 13 heavy (non-hydrogen) atoms. The lowest BCUT2D eigenvalue weighted by Crippen LogP contribution is -2.33. The van der Waals surface area contributed by atoms with Gasteiger partial charge >= 0.3 is 6.09 Å². The number of epoxide rings is 1. The van der Waals surface area contributed by atoms with Crippen LogP contribution in [0.3, 0.4) is 0 Å². The number of rotatable bonds is 1. The average Bonchev–Trinajstić information content (AvgIpc) is 2.90. The Kier molecular flexibility index (Phi) is 1.97. The van der Waals surface area contributed by atoms with Gasteiger partial charge in [0.2, 0.25) is 0 Å². The summed E-state index contributed by atoms with van der Waals surface area (Å²) in [5, 5.41) is 11.6. The van der Waals surface area contributed by atoms with E-state index in [1.165, 1.54) is 7.05 Å². The average molecular weight is 185 g/mol. The molecule has 1 fully saturated rings. The van der Waals surface area contributed by atoms with Crippen molar-refractivity contribution in [2.75, 3.05) is 7.05 Å². The van der Waals surface area contributed by atoms with E-state index in [4.69, 9.17) is 9.47 Å². The van der Waals surface area contributed by atoms with Crippen LogP contribution in [0.4, 0.5) is 4.79 Å². The summed E-state index contributed by atoms with van der Waals surface area (Å²) >= 11 is 0. The molecule has 2 N–H and O–H groups in total. The van der Waals surface area contributed by atoms with E-state index in [-0.39, 0.29) is 18.3 Å². The van der Waals surface area contributed by atoms with Crippen LogP contribution < -0.4 is 5.32 Å². The highest BCUT2D eigenvalue weighted by atomic mass is 16.6. The molecule has 0 aromatic rings. The maximum atomic E-state index is 10.8. The van der Waals surface area contributed by atoms with Crippen LogP contribution in [0.2, 0.25) is 0 Å². The fourth-order valence-electron chi connectivity index (χ4n) is 1.41. The summed E-state index contributed by atoms with van der Waals surface area (Å²) in [4.78, 5) is 10.8. The van der Waals surface area contributed by atoms with Gasteiger partial charge in [0, 0.05) is 7.05 Å². The molecule has 2 rings (SSSR count). The molecule has 1 aliphatic heterocycles. The van der Waals surface area contributed by atoms with Gasteiger partial charge in [0.15, 0.2) is 6.10 Å². The molecule has 0 saturated carbocycles. The largest absolute Gasteiger partial charge is 0.439 e. The maximum Gasteiger partial charge on any atom is 0.407 e. The second-order valence-electron chi connectivity index (χ2n) is 3.06. The second kappa shape index (κ2) is 3.01. The minimum Gasteiger partial charge on any atom is -0.439 e. The van der Waals surface area contributed by atoms with E-state index < -0.39 is 12.2 Å². The standard InChI is InChI=1S/C8H11NO4/c1-9-8(11)12-5-3-2-4(10)6-7(5)13-6/h2-7,10H,1H3,(H,9,11)/t4-,5+,6+,7-/m1/s1. The highest BCUT2D eigenvalue weighted by Gasteiger charge is 2.51. The van der Waals surface area contributed by atoms with Crippen molar-refractivity contribution < 1.29 is 19.4 Å². The van der Waals surface area contributed by atoms with Gasteiger partial charge in [0.25, 0.3) is 0 Å². The van der Waals surface area contributed by atoms with E-state index >= 15 is 0 Å². The zero-order valence-electron chi connectivity index (χ0n) is 7.14. The molecule has 0 spiro atoms. The van der Waals surface area contributed by atoms with Gasteiger partial charge in [-0.1, -0.05) is 6.08 Å². The van der Waals surface area contributed by atoms with Crippen molar-refractivity contribution in [2.45, 2.75) is 24.4 Å². The Hall–Kier alpha value is -1.07. The lowest BCUT2D eigenvalue weighted by molar-refractivity contribution is 0.104. The molecule has 0 aromatic heterocycles. The smallest absolute Gasteiger partial charge is 0.407 e. The monoisotopic (exact) mass is 185 g/mol. The van der Waals surface area contributed by atoms with Gasteiger partial charge in [0.05, 0.1) is 0 Å². The number of aliphatic hydroxyl groups excluding tert-OH is 1. The molecule has 5 heteroatoms. The van der Waals surface area contributed by atoms with E-state index in [0.717, 1.165) is 0 Å². The molecule has 1 aliphatic carbocycles. The molecule has 72 valence electrons. The first-order valence-corrected chi connectivity index (χ1v) is 4.12. The summed E-state index contributed by atoms with van der Waals surface area (Å²) in [6.45, 7) is 0. The Morgan fingerprint density at radius 1 is 1.54 bits per heavy atom. The van der Waals surface area contributed by atoms with Crippen LogP contribution in [-0.4, -0.2) is 42.7 Å². The number of nitrogens with one attached hydrogen (secondary N) is 1. The number of alkyl carbamates (subject to hydrolysis) is 1. The highest BCUT2D eigenvalue weighted by molar-refractivity contribution is 5.67. The van der Waals surface area contributed by atoms with Crippen molar-refractivity contribution >= 4 is 6.09 Å². The van der Waals surface area contributed by atoms with Crippen molar-refractivity contribution in [3.8, 4) is 0 Å². The van der Waals surface area contributed by atoms with Crippen molar-refractivity contribution in [1.82, 2.24) is 5.32 Å². The fourth-order valence-corrected chi connectivity index (χ4v) is 1.41. The second-order valence-corrected chi connectivity index (χ2v) is 3.06. The van der Waals surface area contributed by atoms with Gasteiger partial charge in [0.1, 0.15) is 18.3 Å². The molecular weight excluding hydrogens is 174 g/mol. The molecule has 5 nitrogen and oxygen atoms in total. The number of aliphatic hydroxyl groups is 1. The molecule has 0 unspecified atom stereocenters. The topological polar surface area (TPSA) is 71.1 Å². The van der Waals surface area contributed by atoms with Gasteiger partial charge in [-0.2, -0.15) is 0 Å². The molecule has 1 heterocycles. The number of ether oxygens (including phenoxy) is 2. The minimum atomic E-state index is -0.561. The summed E-state index contributed by atoms with van der Waals surface area (Å²) in [6.07, 6.45) is 1.45. The van der Waals surface area contributed by atoms with Crippen LogP contribution in [0, 0.1) is 0 Å². The molecular formula is C8H11NO4. The molecule has 0 aromatic carbocycles. The van der Waals surface area contributed by atoms with Crippen LogP contribution in [0.5, 0.6) is 0 Å². The third kappa shape index (κ3) is 1.52. The third-order valence-electron chi connectivity index (χ3n) is 2.17. The zero-order chi connectivity index (χ0) is 9.42. The maximum absolute atomic E-state index is 10.8. The summed E-state index contributed by atoms with van der Waals surface area (Å²) in [5.74, 6) is 0. The van der Waals surface area contributed by atoms with E-state index in [1.807, 2.05) is 0 Å². The first kappa shape index (κ1) is 8.52. The molecule has 1 saturated heterocycles. The third-order valence-corrected chi connectivity index (χ3v) is 2.17. The number of fused-ring (bicyclic) bond motifs is 1. The summed E-state index contributed by atoms with van der Waals surface area (Å²) in [7, 11) is 1.49. The van der Waals surface area contributed by atoms with Crippen molar-refractivity contribution in [1.29, 1.82) is 0 Å². The van der Waals surface area contributed by atoms with Gasteiger partial charge in [-0.25, -0.2) is 4.79 Å². The Morgan fingerprint density at radius 2 is 2.31 bits per heavy atom. The van der Waals surface area contributed by atoms with Crippen molar-refractivity contribution in [2.24, 2.45) is 0 Å². The molecule has 2 aliphatic rings. The van der Waals surface area contributed by atoms with Crippen LogP contribution >= 0.6 is 0 Å². The first-order valence-electron chi connectivity index (χ1n) is 4.12. The normalized spacial score (nSPS) is 40.8. The Bertz CT molecular complexity index is 253. The summed E-state index contributed by atoms with van der Waals surface area (Å²) in [6, 6.07) is 0. The van der Waals surface area contributed by atoms with Crippen LogP contribution in [0.25, 0.3) is 0 Å². The van der Waals surface area contributed by atoms with E-state index in [9.17, 15) is 9.90 Å². The number of carbonyl (C=O) groups is 1. The van der Waals surface area contributed by atoms with Gasteiger partial charge in [-0.15, -0.1) is 0 Å². The van der Waals surface area contributed by atoms with E-state index in [2.05, 4.69) is 5.32 Å². The molecule has 1 amide bonds. The minimum absolute atomic E-state index is 0.169. The Morgan fingerprint density at radius 3 is 3.00 bits per heavy atom. The van der Waals surface area contributed by atoms with Crippen LogP contribution in [0.15, 0.2) is 12.2 Å². The Labute approximate surface area is 75.3 Å². The van der Waals surface area contributed by atoms with Crippen molar-refractivity contribution in [3.63, 3.8) is 0 Å². The lowest BCUT2D eigenvalue weighted by atomic mass is 10.0. The highest BCUT2D eigenvalue weighted by Crippen LogP contribution is 2.34. The van der Waals surface area contributed by atoms with Crippen molar-refractivity contribution in [3.05, 3.63) is 12.2 Å². The molecule has 4 atom stereocenters. The number of hydrogen-bond donors (Lipinski definition) is 2. The number of amides is 1. The summed E-state index contributed by atoms with van der Waals surface area (Å²) in [5.41, 5.74) is 0. The zero-order valence-corrected chi connectivity index (χ0v) is 7.14. The lowest BCUT2D eigenvalue weighted by Gasteiger charge is -2.15. The van der Waals surface area contributed by atoms with Gasteiger partial charge in [-0.3, -0.25) is 0 Å². The van der Waals surface area contributed by atoms with E-state index in [0.29, 0.717) is 0 Å². The molecule has 0 radical (unpaired) electrons. The first-order chi connectivity index (χ1) is 6.22. The fraction of sp³-hybridized carbons (Fsp3) is 0.625. The molecule has 0 bridgehead atoms. The predicted molar refractivity (Wildman–Crippen MR) is 43.1 cm³/mol. The van der Waals surface area contributed by atoms with E-state index in [1.54, 1.807) is 12.2 Å². The van der Waals surface area contributed by atoms with Crippen LogP contribution in [0.1, 0.15) is 0 Å². The summed E-state index contributed by atoms with van der Waals surface area (Å²) < 4.78 is 10.1. The SMILES string of the molecule is CNC(=O)O[C@H]1C=C[C@@H](O)[C@@H]2O[C@@H]21. The van der Waals surface area contributed by atoms with Gasteiger partial charge in [-0.05, 0) is 6.08 Å².